The van der Waals surface area contributed by atoms with E-state index in [4.69, 9.17) is 11.6 Å². The normalized spacial score (nSPS) is 11.0. The van der Waals surface area contributed by atoms with Gasteiger partial charge in [-0.05, 0) is 24.3 Å². The number of halogens is 1. The number of benzene rings is 2. The van der Waals surface area contributed by atoms with Crippen LogP contribution in [0.1, 0.15) is 10.4 Å². The van der Waals surface area contributed by atoms with Gasteiger partial charge in [0.25, 0.3) is 0 Å². The van der Waals surface area contributed by atoms with Crippen LogP contribution in [0.4, 0.5) is 0 Å². The van der Waals surface area contributed by atoms with Gasteiger partial charge in [-0.15, -0.1) is 5.10 Å². The number of aromatic nitrogens is 4. The highest BCUT2D eigenvalue weighted by molar-refractivity contribution is 6.30. The number of carbonyl (C=O) groups is 1. The summed E-state index contributed by atoms with van der Waals surface area (Å²) in [5, 5.41) is 9.16. The molecule has 0 atom stereocenters. The van der Waals surface area contributed by atoms with Gasteiger partial charge in [-0.1, -0.05) is 54.1 Å². The molecule has 0 amide bonds. The topological polar surface area (TPSA) is 69.3 Å². The largest absolute Gasteiger partial charge is 0.367 e. The number of hydrogen-bond acceptors (Lipinski definition) is 4. The van der Waals surface area contributed by atoms with Gasteiger partial charge in [0.15, 0.2) is 11.4 Å². The van der Waals surface area contributed by atoms with E-state index in [1.165, 1.54) is 4.52 Å². The fraction of sp³-hybridized carbons (Fsp3) is 0.0526. The SMILES string of the molecule is O=C(Cn1nc2ccc(-c3ccc(Cl)cc3)nn2c1=O)c1ccccc1. The molecule has 0 bridgehead atoms. The Labute approximate surface area is 153 Å². The minimum Gasteiger partial charge on any atom is -0.292 e. The van der Waals surface area contributed by atoms with Crippen molar-refractivity contribution in [1.29, 1.82) is 0 Å². The zero-order chi connectivity index (χ0) is 18.1. The highest BCUT2D eigenvalue weighted by atomic mass is 35.5. The second-order valence-electron chi connectivity index (χ2n) is 5.72. The molecule has 0 N–H and O–H groups in total. The molecule has 0 aliphatic rings. The molecule has 0 saturated carbocycles. The second kappa shape index (κ2) is 6.57. The molecular weight excluding hydrogens is 352 g/mol. The molecule has 0 saturated heterocycles. The predicted octanol–water partition coefficient (Wildman–Crippen LogP) is 3.09. The summed E-state index contributed by atoms with van der Waals surface area (Å²) in [6.07, 6.45) is 0. The third-order valence-corrected chi connectivity index (χ3v) is 4.22. The Balaban J connectivity index is 1.70. The molecule has 128 valence electrons. The van der Waals surface area contributed by atoms with Crippen LogP contribution in [0.25, 0.3) is 16.9 Å². The average molecular weight is 365 g/mol. The predicted molar refractivity (Wildman–Crippen MR) is 98.5 cm³/mol. The van der Waals surface area contributed by atoms with Crippen molar-refractivity contribution in [3.63, 3.8) is 0 Å². The molecule has 2 heterocycles. The van der Waals surface area contributed by atoms with Crippen LogP contribution in [0.5, 0.6) is 0 Å². The zero-order valence-corrected chi connectivity index (χ0v) is 14.3. The quantitative estimate of drug-likeness (QED) is 0.522. The monoisotopic (exact) mass is 364 g/mol. The highest BCUT2D eigenvalue weighted by Gasteiger charge is 2.13. The van der Waals surface area contributed by atoms with Crippen LogP contribution in [0.2, 0.25) is 5.02 Å². The Morgan fingerprint density at radius 1 is 0.923 bits per heavy atom. The van der Waals surface area contributed by atoms with E-state index in [0.29, 0.717) is 21.9 Å². The van der Waals surface area contributed by atoms with Crippen molar-refractivity contribution in [3.8, 4) is 11.3 Å². The molecule has 0 radical (unpaired) electrons. The molecule has 2 aromatic heterocycles. The number of fused-ring (bicyclic) bond motifs is 1. The van der Waals surface area contributed by atoms with Crippen LogP contribution in [0.3, 0.4) is 0 Å². The molecule has 0 unspecified atom stereocenters. The lowest BCUT2D eigenvalue weighted by Gasteiger charge is -2.00. The summed E-state index contributed by atoms with van der Waals surface area (Å²) in [6.45, 7) is -0.136. The molecule has 4 rings (SSSR count). The van der Waals surface area contributed by atoms with Crippen LogP contribution in [0.15, 0.2) is 71.5 Å². The van der Waals surface area contributed by atoms with Crippen molar-refractivity contribution in [2.75, 3.05) is 0 Å². The van der Waals surface area contributed by atoms with E-state index >= 15 is 0 Å². The minimum absolute atomic E-state index is 0.136. The smallest absolute Gasteiger partial charge is 0.292 e. The lowest BCUT2D eigenvalue weighted by Crippen LogP contribution is -2.26. The minimum atomic E-state index is -0.458. The molecule has 4 aromatic rings. The van der Waals surface area contributed by atoms with E-state index in [1.54, 1.807) is 48.5 Å². The average Bonchev–Trinajstić information content (AvgIpc) is 2.98. The van der Waals surface area contributed by atoms with E-state index in [2.05, 4.69) is 10.2 Å². The number of hydrogen-bond donors (Lipinski definition) is 0. The molecule has 2 aromatic carbocycles. The number of carbonyl (C=O) groups excluding carboxylic acids is 1. The van der Waals surface area contributed by atoms with Crippen LogP contribution < -0.4 is 5.69 Å². The third kappa shape index (κ3) is 3.02. The van der Waals surface area contributed by atoms with Crippen LogP contribution in [-0.2, 0) is 6.54 Å². The summed E-state index contributed by atoms with van der Waals surface area (Å²) >= 11 is 5.90. The van der Waals surface area contributed by atoms with E-state index < -0.39 is 5.69 Å². The molecule has 26 heavy (non-hydrogen) atoms. The van der Waals surface area contributed by atoms with Gasteiger partial charge >= 0.3 is 5.69 Å². The van der Waals surface area contributed by atoms with Gasteiger partial charge in [-0.25, -0.2) is 9.48 Å². The van der Waals surface area contributed by atoms with Crippen molar-refractivity contribution in [2.24, 2.45) is 0 Å². The van der Waals surface area contributed by atoms with Crippen LogP contribution >= 0.6 is 11.6 Å². The van der Waals surface area contributed by atoms with Gasteiger partial charge in [-0.2, -0.15) is 9.61 Å². The molecule has 0 spiro atoms. The first kappa shape index (κ1) is 16.2. The van der Waals surface area contributed by atoms with Crippen molar-refractivity contribution < 1.29 is 4.79 Å². The molecule has 0 fully saturated rings. The van der Waals surface area contributed by atoms with Crippen molar-refractivity contribution in [1.82, 2.24) is 19.4 Å². The van der Waals surface area contributed by atoms with Gasteiger partial charge in [0.1, 0.15) is 6.54 Å². The van der Waals surface area contributed by atoms with Crippen molar-refractivity contribution in [2.45, 2.75) is 6.54 Å². The summed E-state index contributed by atoms with van der Waals surface area (Å²) in [5.74, 6) is -0.186. The summed E-state index contributed by atoms with van der Waals surface area (Å²) in [7, 11) is 0. The zero-order valence-electron chi connectivity index (χ0n) is 13.5. The lowest BCUT2D eigenvalue weighted by molar-refractivity contribution is 0.0966. The van der Waals surface area contributed by atoms with Gasteiger partial charge in [-0.3, -0.25) is 4.79 Å². The summed E-state index contributed by atoms with van der Waals surface area (Å²) in [6, 6.07) is 19.4. The fourth-order valence-corrected chi connectivity index (χ4v) is 2.76. The summed E-state index contributed by atoms with van der Waals surface area (Å²) in [5.41, 5.74) is 1.90. The first-order chi connectivity index (χ1) is 12.6. The van der Waals surface area contributed by atoms with Gasteiger partial charge in [0, 0.05) is 16.1 Å². The second-order valence-corrected chi connectivity index (χ2v) is 6.16. The summed E-state index contributed by atoms with van der Waals surface area (Å²) < 4.78 is 2.32. The number of Topliss-reactive ketones (excluding diaryl/α,β-unsaturated/α-hetero) is 1. The summed E-state index contributed by atoms with van der Waals surface area (Å²) in [4.78, 5) is 24.9. The van der Waals surface area contributed by atoms with Gasteiger partial charge in [0.05, 0.1) is 5.69 Å². The van der Waals surface area contributed by atoms with Crippen LogP contribution in [-0.4, -0.2) is 25.2 Å². The lowest BCUT2D eigenvalue weighted by atomic mass is 10.1. The standard InChI is InChI=1S/C19H13ClN4O2/c20-15-8-6-13(7-9-15)16-10-11-18-22-23(19(26)24(18)21-16)12-17(25)14-4-2-1-3-5-14/h1-11H,12H2. The van der Waals surface area contributed by atoms with Crippen molar-refractivity contribution >= 4 is 23.0 Å². The number of nitrogens with zero attached hydrogens (tertiary/aromatic N) is 4. The fourth-order valence-electron chi connectivity index (χ4n) is 2.64. The number of ketones is 1. The molecule has 0 aliphatic heterocycles. The molecular formula is C19H13ClN4O2. The Morgan fingerprint density at radius 3 is 2.38 bits per heavy atom. The maximum atomic E-state index is 12.6. The van der Waals surface area contributed by atoms with Gasteiger partial charge in [0.2, 0.25) is 0 Å². The maximum Gasteiger partial charge on any atom is 0.367 e. The maximum absolute atomic E-state index is 12.6. The first-order valence-corrected chi connectivity index (χ1v) is 8.31. The Hall–Kier alpha value is -3.25. The molecule has 6 nitrogen and oxygen atoms in total. The van der Waals surface area contributed by atoms with E-state index in [0.717, 1.165) is 10.2 Å². The van der Waals surface area contributed by atoms with Gasteiger partial charge < -0.3 is 0 Å². The Kier molecular flexibility index (Phi) is 4.10. The van der Waals surface area contributed by atoms with E-state index in [9.17, 15) is 9.59 Å². The molecule has 7 heteroatoms. The van der Waals surface area contributed by atoms with Crippen LogP contribution in [0, 0.1) is 0 Å². The first-order valence-electron chi connectivity index (χ1n) is 7.93. The van der Waals surface area contributed by atoms with E-state index in [-0.39, 0.29) is 12.3 Å². The third-order valence-electron chi connectivity index (χ3n) is 3.97. The Morgan fingerprint density at radius 2 is 1.65 bits per heavy atom. The highest BCUT2D eigenvalue weighted by Crippen LogP contribution is 2.19. The number of rotatable bonds is 4. The Bertz CT molecular complexity index is 1150. The molecule has 0 aliphatic carbocycles. The van der Waals surface area contributed by atoms with Crippen molar-refractivity contribution in [3.05, 3.63) is 87.8 Å². The van der Waals surface area contributed by atoms with E-state index in [1.807, 2.05) is 18.2 Å².